The van der Waals surface area contributed by atoms with E-state index < -0.39 is 41.2 Å². The first-order valence-electron chi connectivity index (χ1n) is 11.6. The van der Waals surface area contributed by atoms with Gasteiger partial charge in [-0.05, 0) is 44.5 Å². The number of carbonyl (C=O) groups excluding carboxylic acids is 5. The topological polar surface area (TPSA) is 147 Å². The Morgan fingerprint density at radius 2 is 1.89 bits per heavy atom. The number of ether oxygens (including phenoxy) is 1. The van der Waals surface area contributed by atoms with Crippen LogP contribution in [-0.2, 0) is 15.1 Å². The van der Waals surface area contributed by atoms with E-state index in [1.807, 2.05) is 0 Å². The third kappa shape index (κ3) is 4.45. The highest BCUT2D eigenvalue weighted by molar-refractivity contribution is 7.18. The summed E-state index contributed by atoms with van der Waals surface area (Å²) in [7, 11) is 1.53. The largest absolute Gasteiger partial charge is 0.495 e. The second-order valence-electron chi connectivity index (χ2n) is 9.39. The number of methoxy groups -OCH3 is 1. The monoisotopic (exact) mass is 555 g/mol. The third-order valence-corrected chi connectivity index (χ3v) is 7.96. The molecule has 0 aliphatic carbocycles. The Balaban J connectivity index is 1.31. The lowest BCUT2D eigenvalue weighted by Crippen LogP contribution is -2.54. The van der Waals surface area contributed by atoms with Gasteiger partial charge in [0.25, 0.3) is 11.8 Å². The molecule has 0 spiro atoms. The van der Waals surface area contributed by atoms with Crippen LogP contribution in [-0.4, -0.2) is 52.7 Å². The highest BCUT2D eigenvalue weighted by atomic mass is 35.5. The van der Waals surface area contributed by atoms with Crippen molar-refractivity contribution in [2.24, 2.45) is 0 Å². The summed E-state index contributed by atoms with van der Waals surface area (Å²) in [5.41, 5.74) is 0.277. The number of piperidine rings is 1. The zero-order valence-electron chi connectivity index (χ0n) is 20.5. The minimum Gasteiger partial charge on any atom is -0.495 e. The number of aromatic nitrogens is 1. The number of amides is 6. The van der Waals surface area contributed by atoms with Crippen LogP contribution in [0.5, 0.6) is 5.75 Å². The van der Waals surface area contributed by atoms with Gasteiger partial charge in [-0.25, -0.2) is 9.78 Å². The molecule has 1 fully saturated rings. The lowest BCUT2D eigenvalue weighted by atomic mass is 10.0. The first-order valence-corrected chi connectivity index (χ1v) is 12.8. The zero-order chi connectivity index (χ0) is 27.4. The first-order chi connectivity index (χ1) is 18.0. The lowest BCUT2D eigenvalue weighted by Gasteiger charge is -2.27. The van der Waals surface area contributed by atoms with E-state index >= 15 is 0 Å². The highest BCUT2D eigenvalue weighted by Gasteiger charge is 2.44. The molecule has 11 nitrogen and oxygen atoms in total. The van der Waals surface area contributed by atoms with Crippen LogP contribution in [0.3, 0.4) is 0 Å². The fourth-order valence-electron chi connectivity index (χ4n) is 4.40. The molecule has 1 aromatic heterocycles. The van der Waals surface area contributed by atoms with Crippen LogP contribution in [0.15, 0.2) is 30.3 Å². The predicted octanol–water partition coefficient (Wildman–Crippen LogP) is 3.42. The molecular formula is C25H22ClN5O6S. The number of urea groups is 1. The van der Waals surface area contributed by atoms with E-state index in [0.29, 0.717) is 21.3 Å². The molecule has 196 valence electrons. The Kier molecular flexibility index (Phi) is 6.32. The van der Waals surface area contributed by atoms with E-state index in [2.05, 4.69) is 20.9 Å². The van der Waals surface area contributed by atoms with E-state index in [4.69, 9.17) is 16.3 Å². The maximum Gasteiger partial charge on any atom is 0.319 e. The van der Waals surface area contributed by atoms with E-state index in [9.17, 15) is 24.0 Å². The van der Waals surface area contributed by atoms with E-state index in [0.717, 1.165) is 9.60 Å². The van der Waals surface area contributed by atoms with Gasteiger partial charge in [0.05, 0.1) is 39.0 Å². The zero-order valence-corrected chi connectivity index (χ0v) is 22.1. The number of benzene rings is 2. The Hall–Kier alpha value is -4.03. The smallest absolute Gasteiger partial charge is 0.319 e. The van der Waals surface area contributed by atoms with Gasteiger partial charge in [0.2, 0.25) is 11.8 Å². The van der Waals surface area contributed by atoms with E-state index in [1.54, 1.807) is 26.0 Å². The summed E-state index contributed by atoms with van der Waals surface area (Å²) in [5, 5.41) is 8.78. The fraction of sp³-hybridized carbons (Fsp3) is 0.280. The lowest BCUT2D eigenvalue weighted by molar-refractivity contribution is -0.136. The van der Waals surface area contributed by atoms with Gasteiger partial charge in [0.15, 0.2) is 0 Å². The van der Waals surface area contributed by atoms with Crippen molar-refractivity contribution in [3.8, 4) is 5.75 Å². The number of halogens is 1. The average molecular weight is 556 g/mol. The molecule has 0 saturated carbocycles. The number of thiazole rings is 1. The number of carbonyl (C=O) groups is 5. The number of anilines is 1. The molecule has 0 radical (unpaired) electrons. The predicted molar refractivity (Wildman–Crippen MR) is 139 cm³/mol. The van der Waals surface area contributed by atoms with Crippen LogP contribution in [0.4, 0.5) is 10.5 Å². The van der Waals surface area contributed by atoms with Crippen molar-refractivity contribution >= 4 is 68.5 Å². The summed E-state index contributed by atoms with van der Waals surface area (Å²) in [6, 6.07) is 6.18. The Bertz CT molecular complexity index is 1550. The number of imide groups is 2. The molecule has 3 N–H and O–H groups in total. The van der Waals surface area contributed by atoms with Gasteiger partial charge >= 0.3 is 6.03 Å². The molecule has 5 rings (SSSR count). The summed E-state index contributed by atoms with van der Waals surface area (Å²) in [4.78, 5) is 67.9. The quantitative estimate of drug-likeness (QED) is 0.409. The molecule has 2 aliphatic rings. The molecule has 38 heavy (non-hydrogen) atoms. The van der Waals surface area contributed by atoms with E-state index in [1.165, 1.54) is 36.6 Å². The molecule has 13 heteroatoms. The number of hydrogen-bond acceptors (Lipinski definition) is 8. The standard InChI is InChI=1S/C25H22ClN5O6S/c1-25(2,23-28-15-9-14(26)17(37-3)10-18(15)38-23)30-24(36)27-11-4-5-12-13(8-11)22(35)31(21(12)34)16-6-7-19(32)29-20(16)33/h4-5,8-10,16H,6-7H2,1-3H3,(H2,27,30,36)(H,29,32,33). The molecule has 0 bridgehead atoms. The molecule has 2 aliphatic heterocycles. The van der Waals surface area contributed by atoms with Crippen molar-refractivity contribution < 1.29 is 28.7 Å². The number of nitrogens with zero attached hydrogens (tertiary/aromatic N) is 2. The molecule has 1 atom stereocenters. The van der Waals surface area contributed by atoms with E-state index in [-0.39, 0.29) is 29.7 Å². The second kappa shape index (κ2) is 9.37. The van der Waals surface area contributed by atoms with Crippen molar-refractivity contribution in [1.82, 2.24) is 20.5 Å². The molecule has 3 aromatic rings. The van der Waals surface area contributed by atoms with Crippen LogP contribution >= 0.6 is 22.9 Å². The molecule has 3 heterocycles. The SMILES string of the molecule is COc1cc2sc(C(C)(C)NC(=O)Nc3ccc4c(c3)C(=O)N(C3CCC(=O)NC3=O)C4=O)nc2cc1Cl. The second-order valence-corrected chi connectivity index (χ2v) is 10.8. The minimum atomic E-state index is -1.07. The Labute approximate surface area is 225 Å². The number of nitrogens with one attached hydrogen (secondary N) is 3. The van der Waals surface area contributed by atoms with Crippen LogP contribution in [0.25, 0.3) is 10.2 Å². The highest BCUT2D eigenvalue weighted by Crippen LogP contribution is 2.36. The average Bonchev–Trinajstić information content (AvgIpc) is 3.37. The van der Waals surface area contributed by atoms with Gasteiger partial charge in [-0.1, -0.05) is 11.6 Å². The summed E-state index contributed by atoms with van der Waals surface area (Å²) < 4.78 is 6.11. The Morgan fingerprint density at radius 3 is 2.61 bits per heavy atom. The van der Waals surface area contributed by atoms with Crippen LogP contribution in [0, 0.1) is 0 Å². The molecule has 6 amide bonds. The van der Waals surface area contributed by atoms with Crippen molar-refractivity contribution in [3.63, 3.8) is 0 Å². The van der Waals surface area contributed by atoms with Crippen molar-refractivity contribution in [3.05, 3.63) is 51.5 Å². The number of fused-ring (bicyclic) bond motifs is 2. The Morgan fingerprint density at radius 1 is 1.16 bits per heavy atom. The molecular weight excluding hydrogens is 534 g/mol. The van der Waals surface area contributed by atoms with Crippen molar-refractivity contribution in [2.45, 2.75) is 38.3 Å². The van der Waals surface area contributed by atoms with Crippen LogP contribution < -0.4 is 20.7 Å². The fourth-order valence-corrected chi connectivity index (χ4v) is 5.67. The third-order valence-electron chi connectivity index (χ3n) is 6.32. The van der Waals surface area contributed by atoms with Gasteiger partial charge in [-0.3, -0.25) is 29.4 Å². The maximum atomic E-state index is 13.0. The first kappa shape index (κ1) is 25.6. The molecule has 1 saturated heterocycles. The normalized spacial score (nSPS) is 17.5. The maximum absolute atomic E-state index is 13.0. The van der Waals surface area contributed by atoms with Gasteiger partial charge in [-0.2, -0.15) is 0 Å². The number of hydrogen-bond donors (Lipinski definition) is 3. The minimum absolute atomic E-state index is 0.0296. The summed E-state index contributed by atoms with van der Waals surface area (Å²) in [6.07, 6.45) is 0.0886. The van der Waals surface area contributed by atoms with Gasteiger partial charge < -0.3 is 15.4 Å². The van der Waals surface area contributed by atoms with Crippen molar-refractivity contribution in [2.75, 3.05) is 12.4 Å². The van der Waals surface area contributed by atoms with Gasteiger partial charge in [0.1, 0.15) is 16.8 Å². The van der Waals surface area contributed by atoms with Crippen LogP contribution in [0.2, 0.25) is 5.02 Å². The van der Waals surface area contributed by atoms with Gasteiger partial charge in [0, 0.05) is 18.2 Å². The van der Waals surface area contributed by atoms with Gasteiger partial charge in [-0.15, -0.1) is 11.3 Å². The van der Waals surface area contributed by atoms with Crippen LogP contribution in [0.1, 0.15) is 52.4 Å². The number of rotatable bonds is 5. The molecule has 1 unspecified atom stereocenters. The summed E-state index contributed by atoms with van der Waals surface area (Å²) >= 11 is 7.59. The summed E-state index contributed by atoms with van der Waals surface area (Å²) in [6.45, 7) is 3.59. The van der Waals surface area contributed by atoms with Crippen molar-refractivity contribution in [1.29, 1.82) is 0 Å². The molecule has 2 aromatic carbocycles. The summed E-state index contributed by atoms with van der Waals surface area (Å²) in [5.74, 6) is -1.89.